The van der Waals surface area contributed by atoms with Crippen molar-refractivity contribution in [2.45, 2.75) is 53.1 Å². The summed E-state index contributed by atoms with van der Waals surface area (Å²) in [6.07, 6.45) is 0.361. The van der Waals surface area contributed by atoms with E-state index >= 15 is 0 Å². The summed E-state index contributed by atoms with van der Waals surface area (Å²) in [4.78, 5) is 23.0. The molecule has 0 aromatic heterocycles. The van der Waals surface area contributed by atoms with E-state index < -0.39 is 29.9 Å². The van der Waals surface area contributed by atoms with Gasteiger partial charge in [-0.25, -0.2) is 0 Å². The molecule has 4 nitrogen and oxygen atoms in total. The Kier molecular flexibility index (Phi) is 6.60. The normalized spacial score (nSPS) is 15.2. The molecule has 0 amide bonds. The van der Waals surface area contributed by atoms with Crippen molar-refractivity contribution in [3.63, 3.8) is 0 Å². The van der Waals surface area contributed by atoms with E-state index in [9.17, 15) is 9.59 Å². The first-order valence-electron chi connectivity index (χ1n) is 7.74. The molecule has 0 unspecified atom stereocenters. The quantitative estimate of drug-likeness (QED) is 0.781. The lowest BCUT2D eigenvalue weighted by Gasteiger charge is -2.20. The summed E-state index contributed by atoms with van der Waals surface area (Å²) < 4.78 is 5.26. The number of benzene rings is 1. The third-order valence-electron chi connectivity index (χ3n) is 3.87. The lowest BCUT2D eigenvalue weighted by molar-refractivity contribution is -0.157. The Bertz CT molecular complexity index is 504. The van der Waals surface area contributed by atoms with E-state index in [4.69, 9.17) is 9.84 Å². The summed E-state index contributed by atoms with van der Waals surface area (Å²) in [6, 6.07) is 7.94. The minimum atomic E-state index is -0.967. The molecular formula is C18H26O4. The van der Waals surface area contributed by atoms with Gasteiger partial charge >= 0.3 is 11.9 Å². The molecule has 0 saturated heterocycles. The van der Waals surface area contributed by atoms with E-state index in [-0.39, 0.29) is 0 Å². The van der Waals surface area contributed by atoms with Crippen LogP contribution in [0.3, 0.4) is 0 Å². The number of aliphatic carboxylic acids is 1. The summed E-state index contributed by atoms with van der Waals surface area (Å²) in [5, 5.41) is 8.93. The number of hydrogen-bond donors (Lipinski definition) is 1. The average Bonchev–Trinajstić information content (AvgIpc) is 2.45. The molecule has 0 spiro atoms. The molecule has 0 bridgehead atoms. The Morgan fingerprint density at radius 1 is 1.05 bits per heavy atom. The monoisotopic (exact) mass is 306 g/mol. The number of carboxylic acid groups (broad SMARTS) is 1. The summed E-state index contributed by atoms with van der Waals surface area (Å²) in [5.74, 6) is -1.89. The van der Waals surface area contributed by atoms with Crippen molar-refractivity contribution in [3.8, 4) is 0 Å². The van der Waals surface area contributed by atoms with Crippen LogP contribution in [0.4, 0.5) is 0 Å². The van der Waals surface area contributed by atoms with Crippen LogP contribution >= 0.6 is 0 Å². The van der Waals surface area contributed by atoms with Crippen LogP contribution < -0.4 is 0 Å². The first-order valence-corrected chi connectivity index (χ1v) is 7.74. The highest BCUT2D eigenvalue weighted by molar-refractivity contribution is 5.78. The van der Waals surface area contributed by atoms with Crippen molar-refractivity contribution in [3.05, 3.63) is 35.4 Å². The molecular weight excluding hydrogens is 280 g/mol. The lowest BCUT2D eigenvalue weighted by Crippen LogP contribution is -2.29. The lowest BCUT2D eigenvalue weighted by atomic mass is 9.96. The van der Waals surface area contributed by atoms with E-state index in [1.54, 1.807) is 13.8 Å². The molecule has 1 rings (SSSR count). The first-order chi connectivity index (χ1) is 10.2. The summed E-state index contributed by atoms with van der Waals surface area (Å²) >= 11 is 0. The van der Waals surface area contributed by atoms with Crippen LogP contribution in [0.25, 0.3) is 0 Å². The van der Waals surface area contributed by atoms with Gasteiger partial charge in [-0.3, -0.25) is 9.59 Å². The highest BCUT2D eigenvalue weighted by Gasteiger charge is 2.25. The first kappa shape index (κ1) is 18.2. The van der Waals surface area contributed by atoms with Crippen LogP contribution in [0.5, 0.6) is 0 Å². The fourth-order valence-electron chi connectivity index (χ4n) is 2.14. The van der Waals surface area contributed by atoms with Gasteiger partial charge in [0.25, 0.3) is 0 Å². The minimum Gasteiger partial charge on any atom is -0.481 e. The van der Waals surface area contributed by atoms with Crippen LogP contribution in [0.2, 0.25) is 0 Å². The molecule has 1 aromatic rings. The van der Waals surface area contributed by atoms with Gasteiger partial charge in [0.15, 0.2) is 0 Å². The Hall–Kier alpha value is -1.84. The van der Waals surface area contributed by atoms with Crippen molar-refractivity contribution in [2.24, 2.45) is 11.8 Å². The van der Waals surface area contributed by atoms with E-state index in [0.29, 0.717) is 5.92 Å². The zero-order valence-electron chi connectivity index (χ0n) is 14.0. The fraction of sp³-hybridized carbons (Fsp3) is 0.556. The molecule has 1 aromatic carbocycles. The van der Waals surface area contributed by atoms with Crippen LogP contribution in [0.15, 0.2) is 24.3 Å². The molecule has 0 aliphatic carbocycles. The van der Waals surface area contributed by atoms with Crippen LogP contribution in [0.1, 0.15) is 51.7 Å². The molecule has 0 aliphatic heterocycles. The van der Waals surface area contributed by atoms with Crippen molar-refractivity contribution >= 4 is 11.9 Å². The fourth-order valence-corrected chi connectivity index (χ4v) is 2.14. The molecule has 3 atom stereocenters. The average molecular weight is 306 g/mol. The van der Waals surface area contributed by atoms with Gasteiger partial charge in [0.05, 0.1) is 11.8 Å². The molecule has 4 heteroatoms. The molecule has 22 heavy (non-hydrogen) atoms. The molecule has 1 N–H and O–H groups in total. The smallest absolute Gasteiger partial charge is 0.313 e. The van der Waals surface area contributed by atoms with Gasteiger partial charge in [-0.05, 0) is 44.2 Å². The second kappa shape index (κ2) is 7.97. The van der Waals surface area contributed by atoms with Crippen molar-refractivity contribution < 1.29 is 19.4 Å². The molecule has 122 valence electrons. The largest absolute Gasteiger partial charge is 0.481 e. The van der Waals surface area contributed by atoms with Gasteiger partial charge in [-0.15, -0.1) is 0 Å². The molecule has 0 radical (unpaired) electrons. The highest BCUT2D eigenvalue weighted by atomic mass is 16.5. The predicted molar refractivity (Wildman–Crippen MR) is 85.8 cm³/mol. The third kappa shape index (κ3) is 5.17. The Labute approximate surface area is 132 Å². The van der Waals surface area contributed by atoms with Crippen molar-refractivity contribution in [1.29, 1.82) is 0 Å². The Balaban J connectivity index is 2.68. The maximum atomic E-state index is 12.1. The van der Waals surface area contributed by atoms with Crippen molar-refractivity contribution in [2.75, 3.05) is 0 Å². The van der Waals surface area contributed by atoms with Crippen LogP contribution in [-0.2, 0) is 20.7 Å². The number of carbonyl (C=O) groups excluding carboxylic acids is 1. The van der Waals surface area contributed by atoms with E-state index in [2.05, 4.69) is 13.8 Å². The van der Waals surface area contributed by atoms with E-state index in [1.807, 2.05) is 24.3 Å². The van der Waals surface area contributed by atoms with Gasteiger partial charge in [0, 0.05) is 0 Å². The van der Waals surface area contributed by atoms with E-state index in [0.717, 1.165) is 12.0 Å². The number of hydrogen-bond acceptors (Lipinski definition) is 3. The second-order valence-corrected chi connectivity index (χ2v) is 6.33. The number of rotatable bonds is 7. The third-order valence-corrected chi connectivity index (χ3v) is 3.87. The maximum absolute atomic E-state index is 12.1. The standard InChI is InChI=1S/C18H26O4/c1-11(2)10-15-6-8-16(9-7-15)13(4)18(21)22-14(5)12(3)17(19)20/h6-9,11-14H,10H2,1-5H3,(H,19,20)/t12-,13+,14+/m0/s1. The molecule has 0 fully saturated rings. The Morgan fingerprint density at radius 3 is 2.05 bits per heavy atom. The number of carbonyl (C=O) groups is 2. The predicted octanol–water partition coefficient (Wildman–Crippen LogP) is 3.64. The summed E-state index contributed by atoms with van der Waals surface area (Å²) in [6.45, 7) is 9.25. The highest BCUT2D eigenvalue weighted by Crippen LogP contribution is 2.20. The van der Waals surface area contributed by atoms with Gasteiger partial charge in [0.2, 0.25) is 0 Å². The van der Waals surface area contributed by atoms with Gasteiger partial charge in [-0.2, -0.15) is 0 Å². The second-order valence-electron chi connectivity index (χ2n) is 6.33. The molecule has 0 aliphatic rings. The van der Waals surface area contributed by atoms with Gasteiger partial charge in [-0.1, -0.05) is 38.1 Å². The SMILES string of the molecule is CC(C)Cc1ccc([C@@H](C)C(=O)O[C@H](C)[C@H](C)C(=O)O)cc1. The van der Waals surface area contributed by atoms with Crippen LogP contribution in [-0.4, -0.2) is 23.1 Å². The van der Waals surface area contributed by atoms with Gasteiger partial charge in [0.1, 0.15) is 6.10 Å². The number of esters is 1. The van der Waals surface area contributed by atoms with Crippen LogP contribution in [0, 0.1) is 11.8 Å². The number of carboxylic acids is 1. The molecule has 0 heterocycles. The summed E-state index contributed by atoms with van der Waals surface area (Å²) in [5.41, 5.74) is 2.12. The zero-order chi connectivity index (χ0) is 16.9. The van der Waals surface area contributed by atoms with Crippen molar-refractivity contribution in [1.82, 2.24) is 0 Å². The minimum absolute atomic E-state index is 0.391. The maximum Gasteiger partial charge on any atom is 0.313 e. The van der Waals surface area contributed by atoms with E-state index in [1.165, 1.54) is 12.5 Å². The van der Waals surface area contributed by atoms with Gasteiger partial charge < -0.3 is 9.84 Å². The summed E-state index contributed by atoms with van der Waals surface area (Å²) in [7, 11) is 0. The Morgan fingerprint density at radius 2 is 1.59 bits per heavy atom. The topological polar surface area (TPSA) is 63.6 Å². The number of ether oxygens (including phenoxy) is 1. The zero-order valence-corrected chi connectivity index (χ0v) is 14.0. The molecule has 0 saturated carbocycles.